The third kappa shape index (κ3) is 6.02. The maximum absolute atomic E-state index is 12.6. The largest absolute Gasteiger partial charge is 1.00 e. The Kier molecular flexibility index (Phi) is 9.10. The predicted octanol–water partition coefficient (Wildman–Crippen LogP) is 3.03. The van der Waals surface area contributed by atoms with E-state index in [1.54, 1.807) is 17.9 Å². The number of carbonyl (C=O) groups excluding carboxylic acids is 2. The van der Waals surface area contributed by atoms with Gasteiger partial charge in [-0.25, -0.2) is 4.79 Å². The number of carbonyl (C=O) groups is 1. The number of amides is 1. The summed E-state index contributed by atoms with van der Waals surface area (Å²) in [6.07, 6.45) is 4.77. The van der Waals surface area contributed by atoms with Gasteiger partial charge in [0, 0.05) is 12.6 Å². The molecule has 3 aromatic carbocycles. The Morgan fingerprint density at radius 2 is 1.54 bits per heavy atom. The van der Waals surface area contributed by atoms with Gasteiger partial charge in [-0.1, -0.05) is 97.3 Å². The average Bonchev–Trinajstić information content (AvgIpc) is 3.62. The van der Waals surface area contributed by atoms with E-state index < -0.39 is 6.09 Å². The number of hydrogen-bond donors (Lipinski definition) is 1. The van der Waals surface area contributed by atoms with E-state index in [4.69, 9.17) is 4.74 Å². The fourth-order valence-corrected chi connectivity index (χ4v) is 4.27. The Bertz CT molecular complexity index is 1350. The van der Waals surface area contributed by atoms with Crippen molar-refractivity contribution in [2.75, 3.05) is 5.32 Å². The summed E-state index contributed by atoms with van der Waals surface area (Å²) in [6, 6.07) is 25.8. The van der Waals surface area contributed by atoms with Crippen molar-refractivity contribution in [2.24, 2.45) is 7.05 Å². The monoisotopic (exact) mass is 504 g/mol. The second-order valence-electron chi connectivity index (χ2n) is 8.95. The van der Waals surface area contributed by atoms with E-state index in [1.165, 1.54) is 0 Å². The molecule has 8 heteroatoms. The maximum Gasteiger partial charge on any atom is 1.00 e. The number of nitrogens with zero attached hydrogens (tertiary/aromatic N) is 2. The molecule has 1 saturated carbocycles. The van der Waals surface area contributed by atoms with Crippen LogP contribution in [0.25, 0.3) is 22.3 Å². The van der Waals surface area contributed by atoms with E-state index in [0.29, 0.717) is 5.82 Å². The Morgan fingerprint density at radius 3 is 2.11 bits per heavy atom. The number of nitrogens with one attached hydrogen (secondary N) is 1. The molecule has 0 saturated heterocycles. The minimum absolute atomic E-state index is 0. The molecule has 2 N–H and O–H groups in total. The third-order valence-electron chi connectivity index (χ3n) is 6.62. The van der Waals surface area contributed by atoms with Gasteiger partial charge < -0.3 is 15.0 Å². The van der Waals surface area contributed by atoms with E-state index in [2.05, 4.69) is 16.7 Å². The zero-order chi connectivity index (χ0) is 24.4. The molecule has 0 spiro atoms. The van der Waals surface area contributed by atoms with Gasteiger partial charge in [0.1, 0.15) is 11.9 Å². The predicted molar refractivity (Wildman–Crippen MR) is 138 cm³/mol. The van der Waals surface area contributed by atoms with Crippen molar-refractivity contribution in [3.8, 4) is 22.3 Å². The smallest absolute Gasteiger partial charge is 0.870 e. The van der Waals surface area contributed by atoms with Crippen LogP contribution in [0.2, 0.25) is 0 Å². The SMILES string of the molecule is C[C@@H](OC(=O)Nc1c(-c2ccc(-c3ccc(C4([C-]=O)CC4)cc3)cc2)cnn1C)c1ccccc1.[Na+].[OH-]. The minimum Gasteiger partial charge on any atom is -0.870 e. The Labute approximate surface area is 238 Å². The van der Waals surface area contributed by atoms with Gasteiger partial charge in [-0.15, -0.1) is 5.41 Å². The second-order valence-corrected chi connectivity index (χ2v) is 8.95. The zero-order valence-corrected chi connectivity index (χ0v) is 23.1. The molecule has 7 nitrogen and oxygen atoms in total. The van der Waals surface area contributed by atoms with Gasteiger partial charge in [-0.3, -0.25) is 16.3 Å². The number of benzene rings is 3. The van der Waals surface area contributed by atoms with Crippen LogP contribution in [-0.4, -0.2) is 27.6 Å². The van der Waals surface area contributed by atoms with Crippen molar-refractivity contribution in [2.45, 2.75) is 31.3 Å². The molecule has 0 unspecified atom stereocenters. The topological polar surface area (TPSA) is 103 Å². The summed E-state index contributed by atoms with van der Waals surface area (Å²) in [5, 5.41) is 7.17. The molecule has 1 heterocycles. The van der Waals surface area contributed by atoms with Crippen LogP contribution in [0.1, 0.15) is 37.0 Å². The molecule has 0 bridgehead atoms. The number of aromatic nitrogens is 2. The Balaban J connectivity index is 0.00000190. The molecule has 1 aliphatic rings. The van der Waals surface area contributed by atoms with Gasteiger partial charge in [0.05, 0.1) is 6.20 Å². The summed E-state index contributed by atoms with van der Waals surface area (Å²) < 4.78 is 7.18. The van der Waals surface area contributed by atoms with Crippen LogP contribution in [0.4, 0.5) is 10.6 Å². The first-order valence-corrected chi connectivity index (χ1v) is 11.6. The molecule has 37 heavy (non-hydrogen) atoms. The first kappa shape index (κ1) is 28.3. The molecule has 1 aliphatic carbocycles. The quantitative estimate of drug-likeness (QED) is 0.308. The van der Waals surface area contributed by atoms with Crippen LogP contribution in [0.15, 0.2) is 85.1 Å². The fourth-order valence-electron chi connectivity index (χ4n) is 4.27. The van der Waals surface area contributed by atoms with Crippen LogP contribution in [0.3, 0.4) is 0 Å². The summed E-state index contributed by atoms with van der Waals surface area (Å²) in [6.45, 7) is 1.84. The first-order valence-electron chi connectivity index (χ1n) is 11.6. The van der Waals surface area contributed by atoms with Crippen LogP contribution in [-0.2, 0) is 22.0 Å². The summed E-state index contributed by atoms with van der Waals surface area (Å²) in [5.41, 5.74) is 5.44. The van der Waals surface area contributed by atoms with Crippen LogP contribution < -0.4 is 34.9 Å². The van der Waals surface area contributed by atoms with Crippen molar-refractivity contribution < 1.29 is 49.4 Å². The van der Waals surface area contributed by atoms with Gasteiger partial charge in [-0.2, -0.15) is 5.10 Å². The molecule has 1 aromatic heterocycles. The number of ether oxygens (including phenoxy) is 1. The van der Waals surface area contributed by atoms with Crippen molar-refractivity contribution >= 4 is 18.2 Å². The van der Waals surface area contributed by atoms with Gasteiger partial charge in [-0.05, 0) is 29.2 Å². The average molecular weight is 505 g/mol. The van der Waals surface area contributed by atoms with Crippen molar-refractivity contribution in [1.82, 2.24) is 9.78 Å². The minimum atomic E-state index is -0.538. The summed E-state index contributed by atoms with van der Waals surface area (Å²) >= 11 is 0. The Hall–Kier alpha value is -3.23. The molecule has 1 fully saturated rings. The van der Waals surface area contributed by atoms with E-state index in [9.17, 15) is 9.59 Å². The molecule has 5 rings (SSSR count). The van der Waals surface area contributed by atoms with E-state index in [0.717, 1.165) is 46.2 Å². The Morgan fingerprint density at radius 1 is 0.973 bits per heavy atom. The molecule has 0 radical (unpaired) electrons. The van der Waals surface area contributed by atoms with Gasteiger partial charge >= 0.3 is 35.7 Å². The summed E-state index contributed by atoms with van der Waals surface area (Å²) in [5.74, 6) is 0.562. The zero-order valence-electron chi connectivity index (χ0n) is 21.1. The van der Waals surface area contributed by atoms with E-state index in [1.807, 2.05) is 85.8 Å². The molecule has 1 atom stereocenters. The molecule has 0 aliphatic heterocycles. The van der Waals surface area contributed by atoms with Crippen LogP contribution >= 0.6 is 0 Å². The molecule has 184 valence electrons. The number of rotatable bonds is 7. The van der Waals surface area contributed by atoms with Crippen LogP contribution in [0, 0.1) is 0 Å². The van der Waals surface area contributed by atoms with Crippen molar-refractivity contribution in [3.63, 3.8) is 0 Å². The third-order valence-corrected chi connectivity index (χ3v) is 6.62. The number of hydrogen-bond acceptors (Lipinski definition) is 5. The molecular formula is C29H27N3NaO4-. The summed E-state index contributed by atoms with van der Waals surface area (Å²) in [7, 11) is 1.78. The number of anilines is 1. The van der Waals surface area contributed by atoms with Crippen LogP contribution in [0.5, 0.6) is 0 Å². The van der Waals surface area contributed by atoms with Gasteiger partial charge in [0.2, 0.25) is 0 Å². The maximum atomic E-state index is 12.6. The fraction of sp³-hybridized carbons (Fsp3) is 0.207. The first-order chi connectivity index (χ1) is 17.0. The second kappa shape index (κ2) is 11.9. The molecule has 1 amide bonds. The van der Waals surface area contributed by atoms with Crippen molar-refractivity contribution in [3.05, 3.63) is 96.2 Å². The normalized spacial score (nSPS) is 13.9. The molecule has 4 aromatic rings. The van der Waals surface area contributed by atoms with E-state index >= 15 is 0 Å². The molecular weight excluding hydrogens is 477 g/mol. The number of aryl methyl sites for hydroxylation is 1. The standard InChI is InChI=1S/C29H26N3O3.Na.H2O/c1-20(21-6-4-3-5-7-21)35-28(34)31-27-26(18-30-32(27)2)24-10-8-22(9-11-24)23-12-14-25(15-13-23)29(19-33)16-17-29;;/h3-15,18,20H,16-17H2,1-2H3,(H,31,34);;1H2/q-1;+1;/p-1/t20-;;/m1../s1. The van der Waals surface area contributed by atoms with E-state index in [-0.39, 0.29) is 46.6 Å². The van der Waals surface area contributed by atoms with Gasteiger partial charge in [0.25, 0.3) is 0 Å². The summed E-state index contributed by atoms with van der Waals surface area (Å²) in [4.78, 5) is 23.9. The van der Waals surface area contributed by atoms with Gasteiger partial charge in [0.15, 0.2) is 0 Å². The van der Waals surface area contributed by atoms with Crippen molar-refractivity contribution in [1.29, 1.82) is 0 Å².